The number of unbranched alkanes of at least 4 members (excludes halogenated alkanes) is 3. The summed E-state index contributed by atoms with van der Waals surface area (Å²) < 4.78 is 7.88. The van der Waals surface area contributed by atoms with Crippen LogP contribution in [0.4, 0.5) is 0 Å². The molecule has 12 nitrogen and oxygen atoms in total. The van der Waals surface area contributed by atoms with Crippen LogP contribution in [0, 0.1) is 6.92 Å². The van der Waals surface area contributed by atoms with Gasteiger partial charge in [0, 0.05) is 114 Å². The number of nitrogens with zero attached hydrogens (tertiary/aromatic N) is 9. The highest BCUT2D eigenvalue weighted by Gasteiger charge is 2.28. The molecule has 0 aliphatic carbocycles. The second kappa shape index (κ2) is 17.8. The molecule has 0 radical (unpaired) electrons. The van der Waals surface area contributed by atoms with Crippen LogP contribution in [-0.2, 0) is 27.2 Å². The summed E-state index contributed by atoms with van der Waals surface area (Å²) in [6, 6.07) is 17.2. The van der Waals surface area contributed by atoms with Crippen molar-refractivity contribution in [2.24, 2.45) is 29.1 Å². The molecule has 12 heteroatoms. The molecule has 2 N–H and O–H groups in total. The topological polar surface area (TPSA) is 123 Å². The number of allylic oxidation sites excluding steroid dienone is 11. The van der Waals surface area contributed by atoms with Gasteiger partial charge >= 0.3 is 5.69 Å². The van der Waals surface area contributed by atoms with Crippen LogP contribution in [0.5, 0.6) is 5.88 Å². The molecule has 0 saturated carbocycles. The second-order valence-corrected chi connectivity index (χ2v) is 17.2. The van der Waals surface area contributed by atoms with E-state index in [0.29, 0.717) is 12.1 Å². The van der Waals surface area contributed by atoms with E-state index in [0.717, 1.165) is 122 Å². The molecule has 0 atom stereocenters. The van der Waals surface area contributed by atoms with Crippen molar-refractivity contribution in [2.75, 3.05) is 7.05 Å². The van der Waals surface area contributed by atoms with Gasteiger partial charge in [-0.15, -0.1) is 0 Å². The number of aromatic amines is 1. The number of aryl methyl sites for hydroxylation is 5. The Bertz CT molecular complexity index is 3210. The molecule has 5 aliphatic rings. The van der Waals surface area contributed by atoms with E-state index in [1.165, 1.54) is 0 Å². The number of hydrogen-bond donors (Lipinski definition) is 2. The normalized spacial score (nSPS) is 16.4. The lowest BCUT2D eigenvalue weighted by Gasteiger charge is -2.16. The first-order valence-corrected chi connectivity index (χ1v) is 22.4. The van der Waals surface area contributed by atoms with Crippen LogP contribution in [0.3, 0.4) is 0 Å². The summed E-state index contributed by atoms with van der Waals surface area (Å²) in [7, 11) is 6.07. The molecule has 10 heterocycles. The van der Waals surface area contributed by atoms with E-state index in [2.05, 4.69) is 161 Å². The monoisotopic (exact) mass is 871 g/mol. The van der Waals surface area contributed by atoms with E-state index in [9.17, 15) is 9.90 Å². The summed E-state index contributed by atoms with van der Waals surface area (Å²) in [6.45, 7) is 3.20. The maximum atomic E-state index is 12.2. The quantitative estimate of drug-likeness (QED) is 0.116. The first kappa shape index (κ1) is 41.9. The summed E-state index contributed by atoms with van der Waals surface area (Å²) in [4.78, 5) is 38.1. The minimum Gasteiger partial charge on any atom is -0.493 e. The Morgan fingerprint density at radius 2 is 1.08 bits per heavy atom. The van der Waals surface area contributed by atoms with Gasteiger partial charge in [-0.05, 0) is 103 Å². The molecule has 5 aromatic heterocycles. The van der Waals surface area contributed by atoms with Crippen molar-refractivity contribution in [2.45, 2.75) is 45.7 Å². The molecule has 326 valence electrons. The summed E-state index contributed by atoms with van der Waals surface area (Å²) >= 11 is 0. The molecule has 0 aromatic carbocycles. The fraction of sp³-hybridized carbons (Fsp3) is 0.185. The number of pyridine rings is 3. The van der Waals surface area contributed by atoms with Crippen LogP contribution < -0.4 is 19.4 Å². The zero-order valence-electron chi connectivity index (χ0n) is 37.6. The molecule has 0 saturated heterocycles. The Balaban J connectivity index is 1.05. The van der Waals surface area contributed by atoms with Crippen molar-refractivity contribution in [3.63, 3.8) is 0 Å². The van der Waals surface area contributed by atoms with Crippen molar-refractivity contribution in [1.29, 1.82) is 0 Å². The number of rotatable bonds is 10. The van der Waals surface area contributed by atoms with E-state index in [1.54, 1.807) is 17.7 Å². The molecule has 8 bridgehead atoms. The summed E-state index contributed by atoms with van der Waals surface area (Å²) in [5.41, 5.74) is 15.1. The van der Waals surface area contributed by atoms with Gasteiger partial charge in [0.15, 0.2) is 37.2 Å². The van der Waals surface area contributed by atoms with E-state index < -0.39 is 5.69 Å². The molecule has 0 spiro atoms. The molecule has 0 fully saturated rings. The Labute approximate surface area is 383 Å². The molecule has 0 amide bonds. The molecule has 5 aromatic rings. The third kappa shape index (κ3) is 8.48. The van der Waals surface area contributed by atoms with Crippen molar-refractivity contribution >= 4 is 33.9 Å². The molecular formula is C54H51N10O2+3. The van der Waals surface area contributed by atoms with Crippen molar-refractivity contribution in [3.05, 3.63) is 225 Å². The van der Waals surface area contributed by atoms with Gasteiger partial charge < -0.3 is 15.0 Å². The van der Waals surface area contributed by atoms with Gasteiger partial charge in [0.25, 0.3) is 0 Å². The van der Waals surface area contributed by atoms with Gasteiger partial charge in [-0.1, -0.05) is 6.42 Å². The summed E-state index contributed by atoms with van der Waals surface area (Å²) in [6.07, 6.45) is 39.1. The fourth-order valence-electron chi connectivity index (χ4n) is 8.80. The number of hydrogen-bond acceptors (Lipinski definition) is 7. The molecule has 0 unspecified atom stereocenters. The Hall–Kier alpha value is -8.12. The largest absolute Gasteiger partial charge is 0.493 e. The smallest absolute Gasteiger partial charge is 0.350 e. The molecular weight excluding hydrogens is 821 g/mol. The lowest BCUT2D eigenvalue weighted by molar-refractivity contribution is -0.697. The van der Waals surface area contributed by atoms with Crippen LogP contribution >= 0.6 is 0 Å². The van der Waals surface area contributed by atoms with E-state index in [-0.39, 0.29) is 5.88 Å². The minimum atomic E-state index is -0.415. The number of aliphatic imine (C=N–C) groups is 3. The highest BCUT2D eigenvalue weighted by molar-refractivity contribution is 6.36. The van der Waals surface area contributed by atoms with E-state index in [1.807, 2.05) is 35.2 Å². The average molecular weight is 872 g/mol. The summed E-state index contributed by atoms with van der Waals surface area (Å²) in [5, 5.41) is 9.74. The van der Waals surface area contributed by atoms with Crippen LogP contribution in [0.1, 0.15) is 59.3 Å². The van der Waals surface area contributed by atoms with Gasteiger partial charge in [-0.2, -0.15) is 4.98 Å². The number of aromatic nitrogens is 6. The SMILES string of the molecule is Cc1cn(CCCCCC[n+]2ccc(C3=C4C=CC(=N4)C(=C4C=CN(C)C=C4)C4=NC(=C(c5cc[n+](C)cc5)c5ccc([nH]5)C(c5cc[n+](C)cc5)=C5C=CC3=N5)C=C4)cc2)c(=O)nc1O. The standard InChI is InChI=1S/C54H49N10O2/c1-36-35-64(54(66)59-53(36)65)26-8-6-5-7-25-63-33-23-40(24-34-63)52-47-15-13-45(57-47)50(38-19-29-61(3)30-20-38)43-11-9-41(55-43)49(37-17-27-60(2)28-18-37)42-10-12-44(56-42)51(46-14-16-48(52)58-46)39-21-31-62(4)32-22-39/h9-24,27-35H,5-8,25-26H2,1-4H3/q+1/p+2. The van der Waals surface area contributed by atoms with Crippen molar-refractivity contribution in [1.82, 2.24) is 19.4 Å². The Morgan fingerprint density at radius 3 is 1.64 bits per heavy atom. The Kier molecular flexibility index (Phi) is 11.3. The van der Waals surface area contributed by atoms with Gasteiger partial charge in [-0.3, -0.25) is 4.57 Å². The third-order valence-electron chi connectivity index (χ3n) is 12.4. The lowest BCUT2D eigenvalue weighted by Crippen LogP contribution is -2.32. The second-order valence-electron chi connectivity index (χ2n) is 17.2. The number of aromatic hydroxyl groups is 1. The van der Waals surface area contributed by atoms with Crippen LogP contribution in [0.25, 0.3) is 16.7 Å². The van der Waals surface area contributed by atoms with Gasteiger partial charge in [0.1, 0.15) is 20.6 Å². The average Bonchev–Trinajstić information content (AvgIpc) is 4.17. The highest BCUT2D eigenvalue weighted by Crippen LogP contribution is 2.38. The lowest BCUT2D eigenvalue weighted by atomic mass is 9.97. The zero-order valence-corrected chi connectivity index (χ0v) is 37.6. The number of nitrogens with one attached hydrogen (secondary N) is 1. The van der Waals surface area contributed by atoms with Gasteiger partial charge in [-0.25, -0.2) is 33.5 Å². The highest BCUT2D eigenvalue weighted by atomic mass is 16.3. The van der Waals surface area contributed by atoms with Crippen LogP contribution in [-0.4, -0.2) is 48.7 Å². The summed E-state index contributed by atoms with van der Waals surface area (Å²) in [5.74, 6) is -0.201. The van der Waals surface area contributed by atoms with Gasteiger partial charge in [0.2, 0.25) is 5.88 Å². The predicted octanol–water partition coefficient (Wildman–Crippen LogP) is 7.03. The van der Waals surface area contributed by atoms with Crippen molar-refractivity contribution in [3.8, 4) is 5.88 Å². The third-order valence-corrected chi connectivity index (χ3v) is 12.4. The minimum absolute atomic E-state index is 0.201. The van der Waals surface area contributed by atoms with E-state index >= 15 is 0 Å². The van der Waals surface area contributed by atoms with E-state index in [4.69, 9.17) is 15.0 Å². The predicted molar refractivity (Wildman–Crippen MR) is 258 cm³/mol. The Morgan fingerprint density at radius 1 is 0.591 bits per heavy atom. The zero-order chi connectivity index (χ0) is 45.3. The first-order chi connectivity index (χ1) is 32.1. The number of H-pyrrole nitrogens is 1. The molecule has 10 rings (SSSR count). The molecule has 66 heavy (non-hydrogen) atoms. The molecule has 5 aliphatic heterocycles. The first-order valence-electron chi connectivity index (χ1n) is 22.4. The van der Waals surface area contributed by atoms with Crippen molar-refractivity contribution < 1.29 is 18.8 Å². The van der Waals surface area contributed by atoms with Gasteiger partial charge in [0.05, 0.1) is 34.2 Å². The van der Waals surface area contributed by atoms with Crippen LogP contribution in [0.2, 0.25) is 0 Å². The maximum Gasteiger partial charge on any atom is 0.350 e. The maximum absolute atomic E-state index is 12.2. The number of fused-ring (bicyclic) bond motifs is 5. The van der Waals surface area contributed by atoms with Crippen LogP contribution in [0.15, 0.2) is 201 Å². The fourth-order valence-corrected chi connectivity index (χ4v) is 8.80.